The van der Waals surface area contributed by atoms with Gasteiger partial charge in [-0.05, 0) is 48.3 Å². The van der Waals surface area contributed by atoms with Gasteiger partial charge in [0.15, 0.2) is 0 Å². The van der Waals surface area contributed by atoms with Crippen molar-refractivity contribution in [1.29, 1.82) is 0 Å². The van der Waals surface area contributed by atoms with Crippen LogP contribution in [-0.2, 0) is 0 Å². The first kappa shape index (κ1) is 17.2. The summed E-state index contributed by atoms with van der Waals surface area (Å²) < 4.78 is 0. The van der Waals surface area contributed by atoms with Crippen molar-refractivity contribution in [3.8, 4) is 0 Å². The van der Waals surface area contributed by atoms with Crippen molar-refractivity contribution in [2.45, 2.75) is 38.8 Å². The fourth-order valence-corrected chi connectivity index (χ4v) is 3.87. The molecule has 0 aliphatic carbocycles. The maximum absolute atomic E-state index is 12.4. The Morgan fingerprint density at radius 1 is 1.55 bits per heavy atom. The zero-order chi connectivity index (χ0) is 15.9. The van der Waals surface area contributed by atoms with E-state index in [1.807, 2.05) is 0 Å². The van der Waals surface area contributed by atoms with Gasteiger partial charge in [0.1, 0.15) is 0 Å². The molecule has 2 rings (SSSR count). The number of nitrogens with zero attached hydrogens (tertiary/aromatic N) is 2. The van der Waals surface area contributed by atoms with Crippen LogP contribution in [0, 0.1) is 0 Å². The van der Waals surface area contributed by atoms with E-state index in [2.05, 4.69) is 40.9 Å². The van der Waals surface area contributed by atoms with Crippen LogP contribution in [0.25, 0.3) is 0 Å². The van der Waals surface area contributed by atoms with Crippen LogP contribution in [0.4, 0.5) is 4.79 Å². The van der Waals surface area contributed by atoms with Crippen LogP contribution in [0.1, 0.15) is 38.3 Å². The lowest BCUT2D eigenvalue weighted by atomic mass is 10.1. The smallest absolute Gasteiger partial charge is 0.317 e. The number of thiophene rings is 1. The van der Waals surface area contributed by atoms with Crippen LogP contribution in [0.15, 0.2) is 16.8 Å². The number of likely N-dealkylation sites (N-methyl/N-ethyl adjacent to an activating group) is 1. The summed E-state index contributed by atoms with van der Waals surface area (Å²) in [6.07, 6.45) is 1.87. The second-order valence-electron chi connectivity index (χ2n) is 5.65. The summed E-state index contributed by atoms with van der Waals surface area (Å²) in [6, 6.07) is 2.27. The van der Waals surface area contributed by atoms with E-state index in [0.717, 1.165) is 32.5 Å². The summed E-state index contributed by atoms with van der Waals surface area (Å²) in [6.45, 7) is 7.60. The third kappa shape index (κ3) is 4.00. The molecule has 1 aromatic heterocycles. The van der Waals surface area contributed by atoms with Gasteiger partial charge in [0, 0.05) is 13.1 Å². The number of hydrogen-bond acceptors (Lipinski definition) is 4. The molecule has 5 nitrogen and oxygen atoms in total. The lowest BCUT2D eigenvalue weighted by Gasteiger charge is -2.31. The molecule has 2 unspecified atom stereocenters. The van der Waals surface area contributed by atoms with Crippen molar-refractivity contribution < 1.29 is 9.90 Å². The Balaban J connectivity index is 1.97. The van der Waals surface area contributed by atoms with Crippen LogP contribution in [0.3, 0.4) is 0 Å². The number of nitrogens with one attached hydrogen (secondary N) is 1. The van der Waals surface area contributed by atoms with Crippen molar-refractivity contribution in [2.75, 3.05) is 32.8 Å². The quantitative estimate of drug-likeness (QED) is 0.809. The maximum atomic E-state index is 12.4. The van der Waals surface area contributed by atoms with Crippen LogP contribution in [-0.4, -0.2) is 59.8 Å². The second-order valence-corrected chi connectivity index (χ2v) is 6.43. The summed E-state index contributed by atoms with van der Waals surface area (Å²) in [5, 5.41) is 16.6. The van der Waals surface area contributed by atoms with Crippen molar-refractivity contribution in [3.63, 3.8) is 0 Å². The minimum Gasteiger partial charge on any atom is -0.394 e. The van der Waals surface area contributed by atoms with Gasteiger partial charge in [-0.2, -0.15) is 11.3 Å². The van der Waals surface area contributed by atoms with Gasteiger partial charge in [0.2, 0.25) is 0 Å². The number of amides is 2. The molecule has 1 aliphatic heterocycles. The van der Waals surface area contributed by atoms with Gasteiger partial charge in [-0.1, -0.05) is 13.8 Å². The normalized spacial score (nSPS) is 19.6. The first-order valence-electron chi connectivity index (χ1n) is 8.12. The number of urea groups is 1. The van der Waals surface area contributed by atoms with Gasteiger partial charge in [0.25, 0.3) is 0 Å². The van der Waals surface area contributed by atoms with E-state index in [-0.39, 0.29) is 24.7 Å². The molecular weight excluding hydrogens is 298 g/mol. The van der Waals surface area contributed by atoms with Crippen LogP contribution in [0.5, 0.6) is 0 Å². The Morgan fingerprint density at radius 3 is 2.91 bits per heavy atom. The van der Waals surface area contributed by atoms with Gasteiger partial charge in [-0.25, -0.2) is 4.79 Å². The van der Waals surface area contributed by atoms with Gasteiger partial charge in [-0.15, -0.1) is 0 Å². The largest absolute Gasteiger partial charge is 0.394 e. The molecule has 0 spiro atoms. The van der Waals surface area contributed by atoms with Gasteiger partial charge in [-0.3, -0.25) is 4.90 Å². The topological polar surface area (TPSA) is 55.8 Å². The van der Waals surface area contributed by atoms with Gasteiger partial charge in [0.05, 0.1) is 18.7 Å². The Bertz CT molecular complexity index is 448. The highest BCUT2D eigenvalue weighted by molar-refractivity contribution is 7.07. The predicted octanol–water partition coefficient (Wildman–Crippen LogP) is 2.30. The van der Waals surface area contributed by atoms with E-state index in [4.69, 9.17) is 0 Å². The molecule has 0 radical (unpaired) electrons. The zero-order valence-electron chi connectivity index (χ0n) is 13.5. The number of likely N-dealkylation sites (tertiary alicyclic amines) is 1. The first-order valence-corrected chi connectivity index (χ1v) is 9.07. The lowest BCUT2D eigenvalue weighted by Crippen LogP contribution is -2.47. The average Bonchev–Trinajstić information content (AvgIpc) is 3.21. The van der Waals surface area contributed by atoms with E-state index in [9.17, 15) is 9.90 Å². The summed E-state index contributed by atoms with van der Waals surface area (Å²) in [7, 11) is 0. The number of aliphatic hydroxyl groups excluding tert-OH is 1. The molecule has 0 saturated carbocycles. The fraction of sp³-hybridized carbons (Fsp3) is 0.688. The SMILES string of the molecule is CCN(CC)C(CNC(=O)N1CCCC1CO)c1ccsc1. The van der Waals surface area contributed by atoms with E-state index in [0.29, 0.717) is 6.54 Å². The Morgan fingerprint density at radius 2 is 2.32 bits per heavy atom. The summed E-state index contributed by atoms with van der Waals surface area (Å²) in [5.74, 6) is 0. The van der Waals surface area contributed by atoms with E-state index in [1.54, 1.807) is 16.2 Å². The molecule has 2 atom stereocenters. The molecule has 0 aromatic carbocycles. The fourth-order valence-electron chi connectivity index (χ4n) is 3.17. The number of hydrogen-bond donors (Lipinski definition) is 2. The average molecular weight is 325 g/mol. The van der Waals surface area contributed by atoms with Gasteiger partial charge < -0.3 is 15.3 Å². The summed E-state index contributed by atoms with van der Waals surface area (Å²) in [5.41, 5.74) is 1.26. The molecule has 1 aliphatic rings. The lowest BCUT2D eigenvalue weighted by molar-refractivity contribution is 0.152. The van der Waals surface area contributed by atoms with Crippen LogP contribution in [0.2, 0.25) is 0 Å². The zero-order valence-corrected chi connectivity index (χ0v) is 14.3. The van der Waals surface area contributed by atoms with E-state index in [1.165, 1.54) is 5.56 Å². The summed E-state index contributed by atoms with van der Waals surface area (Å²) >= 11 is 1.69. The third-order valence-electron chi connectivity index (χ3n) is 4.48. The van der Waals surface area contributed by atoms with Crippen molar-refractivity contribution in [2.24, 2.45) is 0 Å². The minimum absolute atomic E-state index is 0.0203. The summed E-state index contributed by atoms with van der Waals surface area (Å²) in [4.78, 5) is 16.5. The highest BCUT2D eigenvalue weighted by Crippen LogP contribution is 2.23. The molecule has 1 aromatic rings. The molecule has 2 heterocycles. The molecule has 124 valence electrons. The number of carbonyl (C=O) groups is 1. The molecular formula is C16H27N3O2S. The molecule has 1 fully saturated rings. The highest BCUT2D eigenvalue weighted by atomic mass is 32.1. The minimum atomic E-state index is -0.0519. The van der Waals surface area contributed by atoms with E-state index < -0.39 is 0 Å². The number of carbonyl (C=O) groups excluding carboxylic acids is 1. The molecule has 6 heteroatoms. The molecule has 22 heavy (non-hydrogen) atoms. The molecule has 0 bridgehead atoms. The monoisotopic (exact) mass is 325 g/mol. The predicted molar refractivity (Wildman–Crippen MR) is 90.2 cm³/mol. The second kappa shape index (κ2) is 8.50. The highest BCUT2D eigenvalue weighted by Gasteiger charge is 2.28. The van der Waals surface area contributed by atoms with Crippen molar-refractivity contribution in [1.82, 2.24) is 15.1 Å². The maximum Gasteiger partial charge on any atom is 0.317 e. The van der Waals surface area contributed by atoms with Crippen molar-refractivity contribution in [3.05, 3.63) is 22.4 Å². The third-order valence-corrected chi connectivity index (χ3v) is 5.18. The van der Waals surface area contributed by atoms with E-state index >= 15 is 0 Å². The van der Waals surface area contributed by atoms with Crippen LogP contribution < -0.4 is 5.32 Å². The Hall–Kier alpha value is -1.11. The molecule has 1 saturated heterocycles. The number of rotatable bonds is 7. The van der Waals surface area contributed by atoms with Crippen molar-refractivity contribution >= 4 is 17.4 Å². The first-order chi connectivity index (χ1) is 10.7. The molecule has 2 amide bonds. The van der Waals surface area contributed by atoms with Crippen LogP contribution >= 0.6 is 11.3 Å². The standard InChI is InChI=1S/C16H27N3O2S/c1-3-18(4-2)15(13-7-9-22-12-13)10-17-16(21)19-8-5-6-14(19)11-20/h7,9,12,14-15,20H,3-6,8,10-11H2,1-2H3,(H,17,21). The Kier molecular flexibility index (Phi) is 6.67. The molecule has 2 N–H and O–H groups in total. The number of aliphatic hydroxyl groups is 1. The Labute approximate surface area is 136 Å². The van der Waals surface area contributed by atoms with Gasteiger partial charge >= 0.3 is 6.03 Å².